The number of sulfone groups is 1. The molecule has 2 aromatic rings. The molecule has 0 aliphatic rings. The molecule has 0 radical (unpaired) electrons. The van der Waals surface area contributed by atoms with Crippen LogP contribution in [-0.2, 0) is 15.6 Å². The molecular weight excluding hydrogens is 256 g/mol. The number of hydrogen-bond donors (Lipinski definition) is 0. The van der Waals surface area contributed by atoms with Crippen LogP contribution in [0.15, 0.2) is 59.5 Å². The molecule has 0 amide bonds. The first-order valence-electron chi connectivity index (χ1n) is 6.41. The zero-order valence-corrected chi connectivity index (χ0v) is 12.4. The van der Waals surface area contributed by atoms with E-state index in [9.17, 15) is 8.42 Å². The molecule has 0 saturated heterocycles. The Labute approximate surface area is 116 Å². The normalized spacial score (nSPS) is 10.5. The lowest BCUT2D eigenvalue weighted by molar-refractivity contribution is 0.595. The van der Waals surface area contributed by atoms with E-state index in [-0.39, 0.29) is 5.75 Å². The second-order valence-electron chi connectivity index (χ2n) is 4.06. The summed E-state index contributed by atoms with van der Waals surface area (Å²) in [5.74, 6) is 0.0525. The van der Waals surface area contributed by atoms with E-state index in [4.69, 9.17) is 0 Å². The van der Waals surface area contributed by atoms with Crippen LogP contribution in [0.5, 0.6) is 0 Å². The van der Waals surface area contributed by atoms with Crippen LogP contribution < -0.4 is 0 Å². The lowest BCUT2D eigenvalue weighted by Crippen LogP contribution is -2.04. The van der Waals surface area contributed by atoms with Crippen LogP contribution in [0.1, 0.15) is 25.0 Å². The fraction of sp³-hybridized carbons (Fsp3) is 0.250. The largest absolute Gasteiger partial charge is 0.223 e. The van der Waals surface area contributed by atoms with E-state index < -0.39 is 9.84 Å². The third kappa shape index (κ3) is 4.52. The van der Waals surface area contributed by atoms with Crippen molar-refractivity contribution in [3.63, 3.8) is 0 Å². The minimum Gasteiger partial charge on any atom is -0.223 e. The van der Waals surface area contributed by atoms with Crippen LogP contribution in [0.25, 0.3) is 0 Å². The fourth-order valence-electron chi connectivity index (χ4n) is 1.62. The van der Waals surface area contributed by atoms with Gasteiger partial charge in [0.05, 0.1) is 10.6 Å². The molecule has 2 rings (SSSR count). The van der Waals surface area contributed by atoms with Gasteiger partial charge in [-0.15, -0.1) is 0 Å². The highest BCUT2D eigenvalue weighted by atomic mass is 32.2. The molecular formula is C16H20O2S. The molecule has 0 bridgehead atoms. The Balaban J connectivity index is 0.000000861. The molecule has 2 nitrogen and oxygen atoms in total. The van der Waals surface area contributed by atoms with Crippen LogP contribution in [0, 0.1) is 6.92 Å². The van der Waals surface area contributed by atoms with Gasteiger partial charge < -0.3 is 0 Å². The van der Waals surface area contributed by atoms with E-state index in [2.05, 4.69) is 0 Å². The summed E-state index contributed by atoms with van der Waals surface area (Å²) in [4.78, 5) is 0.381. The molecule has 102 valence electrons. The first kappa shape index (κ1) is 15.4. The Morgan fingerprint density at radius 1 is 0.842 bits per heavy atom. The highest BCUT2D eigenvalue weighted by molar-refractivity contribution is 7.90. The molecule has 0 saturated carbocycles. The molecule has 3 heteroatoms. The van der Waals surface area contributed by atoms with Gasteiger partial charge in [-0.2, -0.15) is 0 Å². The van der Waals surface area contributed by atoms with Crippen molar-refractivity contribution < 1.29 is 8.42 Å². The van der Waals surface area contributed by atoms with E-state index in [0.717, 1.165) is 11.1 Å². The topological polar surface area (TPSA) is 34.1 Å². The zero-order valence-electron chi connectivity index (χ0n) is 11.6. The zero-order chi connectivity index (χ0) is 14.3. The average Bonchev–Trinajstić information content (AvgIpc) is 2.42. The van der Waals surface area contributed by atoms with Gasteiger partial charge in [0.1, 0.15) is 0 Å². The molecule has 0 aliphatic carbocycles. The van der Waals surface area contributed by atoms with Gasteiger partial charge in [0.25, 0.3) is 0 Å². The molecule has 0 heterocycles. The van der Waals surface area contributed by atoms with Crippen molar-refractivity contribution in [3.8, 4) is 0 Å². The van der Waals surface area contributed by atoms with Gasteiger partial charge in [-0.3, -0.25) is 0 Å². The van der Waals surface area contributed by atoms with Gasteiger partial charge in [-0.05, 0) is 24.6 Å². The van der Waals surface area contributed by atoms with Crippen molar-refractivity contribution in [3.05, 3.63) is 65.7 Å². The minimum atomic E-state index is -3.23. The van der Waals surface area contributed by atoms with Crippen molar-refractivity contribution in [2.45, 2.75) is 31.4 Å². The quantitative estimate of drug-likeness (QED) is 0.849. The van der Waals surface area contributed by atoms with E-state index in [1.807, 2.05) is 63.2 Å². The first-order valence-corrected chi connectivity index (χ1v) is 8.06. The fourth-order valence-corrected chi connectivity index (χ4v) is 2.97. The molecule has 19 heavy (non-hydrogen) atoms. The van der Waals surface area contributed by atoms with Crippen LogP contribution in [0.4, 0.5) is 0 Å². The molecule has 0 spiro atoms. The van der Waals surface area contributed by atoms with Crippen molar-refractivity contribution in [1.82, 2.24) is 0 Å². The maximum atomic E-state index is 12.1. The molecule has 0 atom stereocenters. The van der Waals surface area contributed by atoms with Gasteiger partial charge in [0.2, 0.25) is 0 Å². The average molecular weight is 276 g/mol. The summed E-state index contributed by atoms with van der Waals surface area (Å²) in [7, 11) is -3.23. The lowest BCUT2D eigenvalue weighted by atomic mass is 10.2. The maximum Gasteiger partial charge on any atom is 0.182 e. The first-order chi connectivity index (χ1) is 9.08. The third-order valence-corrected chi connectivity index (χ3v) is 4.28. The van der Waals surface area contributed by atoms with E-state index in [1.54, 1.807) is 12.1 Å². The van der Waals surface area contributed by atoms with Crippen molar-refractivity contribution in [2.24, 2.45) is 0 Å². The predicted octanol–water partition coefficient (Wildman–Crippen LogP) is 4.00. The summed E-state index contributed by atoms with van der Waals surface area (Å²) in [6.45, 7) is 5.94. The highest BCUT2D eigenvalue weighted by Gasteiger charge is 2.14. The van der Waals surface area contributed by atoms with E-state index >= 15 is 0 Å². The van der Waals surface area contributed by atoms with Crippen LogP contribution in [0.2, 0.25) is 0 Å². The molecule has 0 N–H and O–H groups in total. The predicted molar refractivity (Wildman–Crippen MR) is 79.9 cm³/mol. The van der Waals surface area contributed by atoms with E-state index in [1.165, 1.54) is 0 Å². The van der Waals surface area contributed by atoms with E-state index in [0.29, 0.717) is 4.90 Å². The Bertz CT molecular complexity index is 584. The minimum absolute atomic E-state index is 0.0525. The highest BCUT2D eigenvalue weighted by Crippen LogP contribution is 2.16. The maximum absolute atomic E-state index is 12.1. The van der Waals surface area contributed by atoms with Gasteiger partial charge in [-0.25, -0.2) is 8.42 Å². The molecule has 2 aromatic carbocycles. The van der Waals surface area contributed by atoms with Crippen molar-refractivity contribution in [2.75, 3.05) is 0 Å². The summed E-state index contributed by atoms with van der Waals surface area (Å²) in [5.41, 5.74) is 1.87. The Hall–Kier alpha value is -1.61. The number of rotatable bonds is 3. The summed E-state index contributed by atoms with van der Waals surface area (Å²) in [6.07, 6.45) is 0. The van der Waals surface area contributed by atoms with Gasteiger partial charge in [-0.1, -0.05) is 61.9 Å². The van der Waals surface area contributed by atoms with Crippen molar-refractivity contribution in [1.29, 1.82) is 0 Å². The number of aryl methyl sites for hydroxylation is 1. The monoisotopic (exact) mass is 276 g/mol. The van der Waals surface area contributed by atoms with Crippen LogP contribution >= 0.6 is 0 Å². The van der Waals surface area contributed by atoms with Gasteiger partial charge in [0, 0.05) is 0 Å². The van der Waals surface area contributed by atoms with Gasteiger partial charge in [0.15, 0.2) is 9.84 Å². The summed E-state index contributed by atoms with van der Waals surface area (Å²) >= 11 is 0. The molecule has 0 aliphatic heterocycles. The Morgan fingerprint density at radius 3 is 1.89 bits per heavy atom. The lowest BCUT2D eigenvalue weighted by Gasteiger charge is -2.04. The molecule has 0 unspecified atom stereocenters. The Morgan fingerprint density at radius 2 is 1.37 bits per heavy atom. The summed E-state index contributed by atoms with van der Waals surface area (Å²) in [5, 5.41) is 0. The standard InChI is InChI=1S/C14H14O2S.C2H6/c1-12-7-9-14(10-8-12)17(15,16)11-13-5-3-2-4-6-13;1-2/h2-10H,11H2,1H3;1-2H3. The summed E-state index contributed by atoms with van der Waals surface area (Å²) < 4.78 is 24.2. The van der Waals surface area contributed by atoms with Crippen LogP contribution in [-0.4, -0.2) is 8.42 Å². The second-order valence-corrected chi connectivity index (χ2v) is 6.05. The van der Waals surface area contributed by atoms with Crippen molar-refractivity contribution >= 4 is 9.84 Å². The number of hydrogen-bond acceptors (Lipinski definition) is 2. The second kappa shape index (κ2) is 7.10. The smallest absolute Gasteiger partial charge is 0.182 e. The van der Waals surface area contributed by atoms with Gasteiger partial charge >= 0.3 is 0 Å². The molecule has 0 aromatic heterocycles. The summed E-state index contributed by atoms with van der Waals surface area (Å²) in [6, 6.07) is 16.2. The number of benzene rings is 2. The SMILES string of the molecule is CC.Cc1ccc(S(=O)(=O)Cc2ccccc2)cc1. The molecule has 0 fully saturated rings. The third-order valence-electron chi connectivity index (χ3n) is 2.58. The van der Waals surface area contributed by atoms with Crippen LogP contribution in [0.3, 0.4) is 0 Å². The Kier molecular flexibility index (Phi) is 5.77.